The average molecular weight is 217 g/mol. The molecule has 0 saturated heterocycles. The lowest BCUT2D eigenvalue weighted by Crippen LogP contribution is -2.26. The van der Waals surface area contributed by atoms with E-state index >= 15 is 0 Å². The zero-order valence-electron chi connectivity index (χ0n) is 10.2. The second-order valence-electron chi connectivity index (χ2n) is 4.94. The van der Waals surface area contributed by atoms with Gasteiger partial charge in [-0.3, -0.25) is 4.68 Å². The molecule has 0 unspecified atom stereocenters. The summed E-state index contributed by atoms with van der Waals surface area (Å²) in [4.78, 5) is 0. The maximum absolute atomic E-state index is 5.83. The normalized spacial score (nSPS) is 12.2. The molecule has 2 N–H and O–H groups in total. The number of aromatic nitrogens is 2. The lowest BCUT2D eigenvalue weighted by molar-refractivity contribution is 0.303. The maximum Gasteiger partial charge on any atom is 0.0709 e. The average Bonchev–Trinajstić information content (AvgIpc) is 2.60. The summed E-state index contributed by atoms with van der Waals surface area (Å²) in [5.41, 5.74) is 7.79. The van der Waals surface area contributed by atoms with Gasteiger partial charge in [-0.05, 0) is 38.5 Å². The van der Waals surface area contributed by atoms with Crippen molar-refractivity contribution in [2.45, 2.75) is 39.2 Å². The molecule has 0 amide bonds. The molecule has 0 aliphatic heterocycles. The topological polar surface area (TPSA) is 43.8 Å². The molecule has 16 heavy (non-hydrogen) atoms. The van der Waals surface area contributed by atoms with Gasteiger partial charge in [0.25, 0.3) is 0 Å². The molecule has 3 nitrogen and oxygen atoms in total. The summed E-state index contributed by atoms with van der Waals surface area (Å²) in [6.07, 6.45) is 4.17. The van der Waals surface area contributed by atoms with Crippen LogP contribution in [-0.4, -0.2) is 9.78 Å². The van der Waals surface area contributed by atoms with E-state index in [1.54, 1.807) is 0 Å². The molecule has 0 saturated carbocycles. The van der Waals surface area contributed by atoms with Crippen LogP contribution in [0.25, 0.3) is 10.9 Å². The number of nitrogens with two attached hydrogens (primary N) is 1. The smallest absolute Gasteiger partial charge is 0.0709 e. The highest BCUT2D eigenvalue weighted by atomic mass is 15.3. The summed E-state index contributed by atoms with van der Waals surface area (Å²) in [7, 11) is 0. The fourth-order valence-electron chi connectivity index (χ4n) is 2.24. The monoisotopic (exact) mass is 217 g/mol. The number of benzene rings is 1. The van der Waals surface area contributed by atoms with E-state index < -0.39 is 0 Å². The molecule has 0 fully saturated rings. The van der Waals surface area contributed by atoms with E-state index in [9.17, 15) is 0 Å². The first-order valence-electron chi connectivity index (χ1n) is 5.78. The lowest BCUT2D eigenvalue weighted by Gasteiger charge is -2.25. The fraction of sp³-hybridized carbons (Fsp3) is 0.462. The van der Waals surface area contributed by atoms with Crippen molar-refractivity contribution in [1.29, 1.82) is 0 Å². The predicted octanol–water partition coefficient (Wildman–Crippen LogP) is 3.15. The predicted molar refractivity (Wildman–Crippen MR) is 68.4 cm³/mol. The minimum atomic E-state index is 0.0459. The Kier molecular flexibility index (Phi) is 2.62. The van der Waals surface area contributed by atoms with Crippen LogP contribution < -0.4 is 5.73 Å². The van der Waals surface area contributed by atoms with Gasteiger partial charge in [0.2, 0.25) is 0 Å². The molecule has 0 atom stereocenters. The van der Waals surface area contributed by atoms with Gasteiger partial charge in [-0.2, -0.15) is 5.10 Å². The van der Waals surface area contributed by atoms with Gasteiger partial charge in [0, 0.05) is 11.1 Å². The van der Waals surface area contributed by atoms with Gasteiger partial charge in [-0.1, -0.05) is 13.3 Å². The Hall–Kier alpha value is -1.51. The van der Waals surface area contributed by atoms with Crippen molar-refractivity contribution < 1.29 is 0 Å². The second kappa shape index (κ2) is 3.81. The molecule has 1 aromatic heterocycles. The molecule has 0 aliphatic rings. The molecule has 86 valence electrons. The van der Waals surface area contributed by atoms with Gasteiger partial charge >= 0.3 is 0 Å². The highest BCUT2D eigenvalue weighted by Gasteiger charge is 2.21. The Bertz CT molecular complexity index is 497. The van der Waals surface area contributed by atoms with Crippen molar-refractivity contribution in [1.82, 2.24) is 9.78 Å². The summed E-state index contributed by atoms with van der Waals surface area (Å²) < 4.78 is 2.09. The van der Waals surface area contributed by atoms with E-state index in [-0.39, 0.29) is 5.54 Å². The van der Waals surface area contributed by atoms with Crippen LogP contribution in [0.3, 0.4) is 0 Å². The van der Waals surface area contributed by atoms with Crippen LogP contribution in [0.5, 0.6) is 0 Å². The van der Waals surface area contributed by atoms with Crippen LogP contribution in [0.4, 0.5) is 5.69 Å². The molecule has 0 radical (unpaired) electrons. The Morgan fingerprint density at radius 1 is 1.38 bits per heavy atom. The molecular weight excluding hydrogens is 198 g/mol. The fourth-order valence-corrected chi connectivity index (χ4v) is 2.24. The van der Waals surface area contributed by atoms with E-state index in [0.29, 0.717) is 0 Å². The number of fused-ring (bicyclic) bond motifs is 1. The highest BCUT2D eigenvalue weighted by molar-refractivity contribution is 5.82. The molecule has 3 heteroatoms. The number of anilines is 1. The molecule has 0 aliphatic carbocycles. The second-order valence-corrected chi connectivity index (χ2v) is 4.94. The number of nitrogen functional groups attached to an aromatic ring is 1. The Balaban J connectivity index is 2.56. The third-order valence-electron chi connectivity index (χ3n) is 3.03. The number of nitrogens with zero attached hydrogens (tertiary/aromatic N) is 2. The minimum absolute atomic E-state index is 0.0459. The van der Waals surface area contributed by atoms with E-state index in [2.05, 4.69) is 30.6 Å². The first kappa shape index (κ1) is 11.0. The van der Waals surface area contributed by atoms with Crippen molar-refractivity contribution in [3.63, 3.8) is 0 Å². The summed E-state index contributed by atoms with van der Waals surface area (Å²) in [6, 6.07) is 5.94. The van der Waals surface area contributed by atoms with Crippen LogP contribution in [0.15, 0.2) is 24.4 Å². The summed E-state index contributed by atoms with van der Waals surface area (Å²) in [6.45, 7) is 6.63. The molecule has 0 bridgehead atoms. The SMILES string of the molecule is CCCC(C)(C)n1ncc2ccc(N)cc21. The van der Waals surface area contributed by atoms with Crippen LogP contribution in [0.1, 0.15) is 33.6 Å². The third-order valence-corrected chi connectivity index (χ3v) is 3.03. The molecule has 2 aromatic rings. The van der Waals surface area contributed by atoms with Crippen LogP contribution in [0.2, 0.25) is 0 Å². The largest absolute Gasteiger partial charge is 0.399 e. The lowest BCUT2D eigenvalue weighted by atomic mass is 9.99. The summed E-state index contributed by atoms with van der Waals surface area (Å²) in [5, 5.41) is 5.64. The third kappa shape index (κ3) is 1.77. The minimum Gasteiger partial charge on any atom is -0.399 e. The zero-order chi connectivity index (χ0) is 11.8. The summed E-state index contributed by atoms with van der Waals surface area (Å²) >= 11 is 0. The number of hydrogen-bond acceptors (Lipinski definition) is 2. The number of hydrogen-bond donors (Lipinski definition) is 1. The van der Waals surface area contributed by atoms with E-state index in [1.807, 2.05) is 24.4 Å². The Labute approximate surface area is 96.2 Å². The van der Waals surface area contributed by atoms with Crippen molar-refractivity contribution in [2.75, 3.05) is 5.73 Å². The molecule has 0 spiro atoms. The van der Waals surface area contributed by atoms with Gasteiger partial charge in [-0.15, -0.1) is 0 Å². The van der Waals surface area contributed by atoms with Gasteiger partial charge in [0.1, 0.15) is 0 Å². The van der Waals surface area contributed by atoms with Crippen molar-refractivity contribution in [2.24, 2.45) is 0 Å². The van der Waals surface area contributed by atoms with Crippen LogP contribution >= 0.6 is 0 Å². The van der Waals surface area contributed by atoms with Gasteiger partial charge in [0.15, 0.2) is 0 Å². The first-order chi connectivity index (χ1) is 7.54. The number of rotatable bonds is 3. The quantitative estimate of drug-likeness (QED) is 0.802. The van der Waals surface area contributed by atoms with Gasteiger partial charge in [0.05, 0.1) is 17.3 Å². The van der Waals surface area contributed by atoms with E-state index in [4.69, 9.17) is 5.73 Å². The van der Waals surface area contributed by atoms with Crippen molar-refractivity contribution in [3.8, 4) is 0 Å². The van der Waals surface area contributed by atoms with Crippen molar-refractivity contribution in [3.05, 3.63) is 24.4 Å². The highest BCUT2D eigenvalue weighted by Crippen LogP contribution is 2.27. The van der Waals surface area contributed by atoms with E-state index in [0.717, 1.165) is 29.4 Å². The Morgan fingerprint density at radius 2 is 2.12 bits per heavy atom. The molecule has 1 heterocycles. The standard InChI is InChI=1S/C13H19N3/c1-4-7-13(2,3)16-12-8-11(14)6-5-10(12)9-15-16/h5-6,8-9H,4,7,14H2,1-3H3. The zero-order valence-corrected chi connectivity index (χ0v) is 10.2. The van der Waals surface area contributed by atoms with Gasteiger partial charge in [-0.25, -0.2) is 0 Å². The van der Waals surface area contributed by atoms with Crippen LogP contribution in [0, 0.1) is 0 Å². The summed E-state index contributed by atoms with van der Waals surface area (Å²) in [5.74, 6) is 0. The van der Waals surface area contributed by atoms with Crippen LogP contribution in [-0.2, 0) is 5.54 Å². The molecule has 1 aromatic carbocycles. The van der Waals surface area contributed by atoms with E-state index in [1.165, 1.54) is 0 Å². The molecular formula is C13H19N3. The first-order valence-corrected chi connectivity index (χ1v) is 5.78. The van der Waals surface area contributed by atoms with Crippen molar-refractivity contribution >= 4 is 16.6 Å². The molecule has 2 rings (SSSR count). The Morgan fingerprint density at radius 3 is 2.81 bits per heavy atom. The maximum atomic E-state index is 5.83. The van der Waals surface area contributed by atoms with Gasteiger partial charge < -0.3 is 5.73 Å².